The van der Waals surface area contributed by atoms with Gasteiger partial charge in [0.15, 0.2) is 0 Å². The van der Waals surface area contributed by atoms with Crippen molar-refractivity contribution in [3.8, 4) is 0 Å². The fraction of sp³-hybridized carbons (Fsp3) is 0.667. The van der Waals surface area contributed by atoms with Gasteiger partial charge in [-0.15, -0.1) is 0 Å². The first-order chi connectivity index (χ1) is 6.66. The Morgan fingerprint density at radius 1 is 1.27 bits per heavy atom. The minimum atomic E-state index is -5.08. The standard InChI is InChI=1S/C4H7NO3.C2HF3O2/c6-2-1-5-3(2)4(7)8;3-2(4,5)1(6)7/h2-3,5-6H,1H2,(H,7,8);(H,6,7)/t2-,3+;/m0./s1. The number of carbonyl (C=O) groups is 2. The second kappa shape index (κ2) is 4.94. The molecule has 0 aliphatic carbocycles. The van der Waals surface area contributed by atoms with Crippen molar-refractivity contribution in [3.63, 3.8) is 0 Å². The van der Waals surface area contributed by atoms with Crippen LogP contribution < -0.4 is 5.32 Å². The molecule has 0 spiro atoms. The Kier molecular flexibility index (Phi) is 4.49. The highest BCUT2D eigenvalue weighted by atomic mass is 19.4. The van der Waals surface area contributed by atoms with Gasteiger partial charge in [-0.2, -0.15) is 13.2 Å². The van der Waals surface area contributed by atoms with E-state index in [0.29, 0.717) is 6.54 Å². The molecule has 4 N–H and O–H groups in total. The zero-order chi connectivity index (χ0) is 12.2. The van der Waals surface area contributed by atoms with E-state index in [1.807, 2.05) is 0 Å². The van der Waals surface area contributed by atoms with Crippen molar-refractivity contribution in [2.24, 2.45) is 0 Å². The third kappa shape index (κ3) is 4.61. The van der Waals surface area contributed by atoms with Crippen LogP contribution in [0.25, 0.3) is 0 Å². The summed E-state index contributed by atoms with van der Waals surface area (Å²) in [7, 11) is 0. The van der Waals surface area contributed by atoms with Crippen molar-refractivity contribution in [1.82, 2.24) is 5.32 Å². The van der Waals surface area contributed by atoms with Gasteiger partial charge in [0.1, 0.15) is 6.04 Å². The Morgan fingerprint density at radius 3 is 1.67 bits per heavy atom. The summed E-state index contributed by atoms with van der Waals surface area (Å²) in [5.74, 6) is -3.74. The summed E-state index contributed by atoms with van der Waals surface area (Å²) in [5.41, 5.74) is 0. The average molecular weight is 231 g/mol. The first kappa shape index (κ1) is 13.7. The number of hydrogen-bond donors (Lipinski definition) is 4. The predicted octanol–water partition coefficient (Wildman–Crippen LogP) is -0.963. The van der Waals surface area contributed by atoms with Gasteiger partial charge in [0.05, 0.1) is 6.10 Å². The van der Waals surface area contributed by atoms with Crippen LogP contribution in [0.3, 0.4) is 0 Å². The predicted molar refractivity (Wildman–Crippen MR) is 39.1 cm³/mol. The Morgan fingerprint density at radius 2 is 1.67 bits per heavy atom. The van der Waals surface area contributed by atoms with Gasteiger partial charge in [-0.1, -0.05) is 0 Å². The molecule has 1 fully saturated rings. The Bertz CT molecular complexity index is 254. The van der Waals surface area contributed by atoms with Crippen molar-refractivity contribution in [1.29, 1.82) is 0 Å². The largest absolute Gasteiger partial charge is 0.490 e. The molecule has 0 aromatic carbocycles. The molecule has 6 nitrogen and oxygen atoms in total. The smallest absolute Gasteiger partial charge is 0.480 e. The number of hydrogen-bond acceptors (Lipinski definition) is 4. The van der Waals surface area contributed by atoms with Crippen LogP contribution in [0.1, 0.15) is 0 Å². The maximum Gasteiger partial charge on any atom is 0.490 e. The van der Waals surface area contributed by atoms with Crippen molar-refractivity contribution in [2.75, 3.05) is 6.54 Å². The fourth-order valence-corrected chi connectivity index (χ4v) is 0.593. The van der Waals surface area contributed by atoms with E-state index in [2.05, 4.69) is 5.32 Å². The van der Waals surface area contributed by atoms with Gasteiger partial charge < -0.3 is 15.3 Å². The molecule has 0 unspecified atom stereocenters. The lowest BCUT2D eigenvalue weighted by Crippen LogP contribution is -2.61. The molecule has 0 bridgehead atoms. The number of halogens is 3. The zero-order valence-corrected chi connectivity index (χ0v) is 7.15. The minimum Gasteiger partial charge on any atom is -0.480 e. The molecule has 0 aromatic heterocycles. The molecule has 2 atom stereocenters. The number of β-amino-alcohol motifs (C(OH)–C–C–N with tert-alkyl or cyclic N) is 1. The summed E-state index contributed by atoms with van der Waals surface area (Å²) in [6, 6.07) is -0.727. The lowest BCUT2D eigenvalue weighted by atomic mass is 10.0. The third-order valence-electron chi connectivity index (χ3n) is 1.44. The molecule has 1 aliphatic heterocycles. The van der Waals surface area contributed by atoms with Gasteiger partial charge in [-0.3, -0.25) is 10.1 Å². The van der Waals surface area contributed by atoms with Crippen LogP contribution in [-0.2, 0) is 9.59 Å². The molecule has 0 aromatic rings. The van der Waals surface area contributed by atoms with Gasteiger partial charge in [0.2, 0.25) is 0 Å². The van der Waals surface area contributed by atoms with Gasteiger partial charge >= 0.3 is 18.1 Å². The number of aliphatic hydroxyl groups is 1. The van der Waals surface area contributed by atoms with Crippen LogP contribution >= 0.6 is 0 Å². The molecule has 1 rings (SSSR count). The van der Waals surface area contributed by atoms with Crippen LogP contribution in [0.4, 0.5) is 13.2 Å². The lowest BCUT2D eigenvalue weighted by Gasteiger charge is -2.29. The molecular weight excluding hydrogens is 223 g/mol. The van der Waals surface area contributed by atoms with Crippen molar-refractivity contribution >= 4 is 11.9 Å². The van der Waals surface area contributed by atoms with E-state index < -0.39 is 30.3 Å². The Balaban J connectivity index is 0.000000265. The summed E-state index contributed by atoms with van der Waals surface area (Å²) in [4.78, 5) is 18.9. The summed E-state index contributed by atoms with van der Waals surface area (Å²) >= 11 is 0. The van der Waals surface area contributed by atoms with Crippen molar-refractivity contribution in [3.05, 3.63) is 0 Å². The monoisotopic (exact) mass is 231 g/mol. The Hall–Kier alpha value is -1.35. The number of nitrogens with one attached hydrogen (secondary N) is 1. The van der Waals surface area contributed by atoms with Crippen LogP contribution in [0.5, 0.6) is 0 Å². The van der Waals surface area contributed by atoms with Crippen molar-refractivity contribution < 1.29 is 38.1 Å². The highest BCUT2D eigenvalue weighted by Crippen LogP contribution is 2.13. The normalized spacial score (nSPS) is 24.5. The second-order valence-corrected chi connectivity index (χ2v) is 2.59. The molecule has 1 heterocycles. The van der Waals surface area contributed by atoms with E-state index in [1.165, 1.54) is 0 Å². The SMILES string of the molecule is O=C(O)C(F)(F)F.O=C(O)[C@@H]1NC[C@@H]1O. The fourth-order valence-electron chi connectivity index (χ4n) is 0.593. The summed E-state index contributed by atoms with van der Waals surface area (Å²) in [5, 5.41) is 26.5. The van der Waals surface area contributed by atoms with Crippen molar-refractivity contribution in [2.45, 2.75) is 18.3 Å². The van der Waals surface area contributed by atoms with E-state index in [4.69, 9.17) is 20.1 Å². The topological polar surface area (TPSA) is 107 Å². The maximum atomic E-state index is 10.6. The minimum absolute atomic E-state index is 0.400. The van der Waals surface area contributed by atoms with Gasteiger partial charge in [-0.25, -0.2) is 4.79 Å². The quantitative estimate of drug-likeness (QED) is 0.463. The molecule has 1 aliphatic rings. The number of aliphatic hydroxyl groups excluding tert-OH is 1. The van der Waals surface area contributed by atoms with Crippen LogP contribution in [0.2, 0.25) is 0 Å². The number of rotatable bonds is 1. The van der Waals surface area contributed by atoms with E-state index in [0.717, 1.165) is 0 Å². The first-order valence-corrected chi connectivity index (χ1v) is 3.60. The lowest BCUT2D eigenvalue weighted by molar-refractivity contribution is -0.192. The summed E-state index contributed by atoms with van der Waals surface area (Å²) in [6.45, 7) is 0.400. The molecule has 0 radical (unpaired) electrons. The van der Waals surface area contributed by atoms with Gasteiger partial charge in [-0.05, 0) is 0 Å². The average Bonchev–Trinajstić information content (AvgIpc) is 1.99. The summed E-state index contributed by atoms with van der Waals surface area (Å²) in [6.07, 6.45) is -5.77. The molecule has 9 heteroatoms. The van der Waals surface area contributed by atoms with E-state index in [9.17, 15) is 18.0 Å². The number of aliphatic carboxylic acids is 2. The van der Waals surface area contributed by atoms with Crippen LogP contribution in [-0.4, -0.2) is 52.1 Å². The van der Waals surface area contributed by atoms with Crippen LogP contribution in [0, 0.1) is 0 Å². The van der Waals surface area contributed by atoms with Crippen LogP contribution in [0.15, 0.2) is 0 Å². The molecule has 15 heavy (non-hydrogen) atoms. The molecular formula is C6H8F3NO5. The summed E-state index contributed by atoms with van der Waals surface area (Å²) < 4.78 is 31.7. The molecule has 0 amide bonds. The first-order valence-electron chi connectivity index (χ1n) is 3.60. The van der Waals surface area contributed by atoms with E-state index in [1.54, 1.807) is 0 Å². The van der Waals surface area contributed by atoms with Gasteiger partial charge in [0.25, 0.3) is 0 Å². The number of alkyl halides is 3. The highest BCUT2D eigenvalue weighted by Gasteiger charge is 2.38. The maximum absolute atomic E-state index is 10.6. The molecule has 1 saturated heterocycles. The Labute approximate surface area is 81.3 Å². The second-order valence-electron chi connectivity index (χ2n) is 2.59. The highest BCUT2D eigenvalue weighted by molar-refractivity contribution is 5.75. The number of carboxylic acid groups (broad SMARTS) is 2. The number of carboxylic acids is 2. The third-order valence-corrected chi connectivity index (χ3v) is 1.44. The van der Waals surface area contributed by atoms with Gasteiger partial charge in [0, 0.05) is 6.54 Å². The molecule has 0 saturated carbocycles. The van der Waals surface area contributed by atoms with E-state index >= 15 is 0 Å². The van der Waals surface area contributed by atoms with E-state index in [-0.39, 0.29) is 0 Å². The zero-order valence-electron chi connectivity index (χ0n) is 7.15. The molecule has 88 valence electrons.